The van der Waals surface area contributed by atoms with Gasteiger partial charge in [0.1, 0.15) is 0 Å². The van der Waals surface area contributed by atoms with Crippen molar-refractivity contribution in [2.75, 3.05) is 7.11 Å². The van der Waals surface area contributed by atoms with Crippen molar-refractivity contribution in [3.8, 4) is 0 Å². The summed E-state index contributed by atoms with van der Waals surface area (Å²) in [7, 11) is 1.49. The molecule has 1 rings (SSSR count). The van der Waals surface area contributed by atoms with E-state index in [-0.39, 0.29) is 11.4 Å². The first-order valence-corrected chi connectivity index (χ1v) is 8.20. The van der Waals surface area contributed by atoms with Gasteiger partial charge in [-0.1, -0.05) is 63.4 Å². The molecule has 0 saturated heterocycles. The largest absolute Gasteiger partial charge is 0.469 e. The van der Waals surface area contributed by atoms with E-state index in [1.54, 1.807) is 0 Å². The summed E-state index contributed by atoms with van der Waals surface area (Å²) >= 11 is 0. The molecule has 2 unspecified atom stereocenters. The maximum Gasteiger partial charge on any atom is 0.311 e. The molecule has 0 aliphatic carbocycles. The SMILES string of the molecule is CCCCCC(CC(C)(CC)C(=O)OC)c1ccccc1. The zero-order valence-corrected chi connectivity index (χ0v) is 14.0. The van der Waals surface area contributed by atoms with Crippen molar-refractivity contribution in [3.63, 3.8) is 0 Å². The lowest BCUT2D eigenvalue weighted by atomic mass is 9.75. The molecule has 1 aromatic rings. The van der Waals surface area contributed by atoms with Crippen molar-refractivity contribution in [1.82, 2.24) is 0 Å². The van der Waals surface area contributed by atoms with E-state index in [2.05, 4.69) is 38.1 Å². The zero-order chi connectivity index (χ0) is 15.7. The van der Waals surface area contributed by atoms with Crippen molar-refractivity contribution in [3.05, 3.63) is 35.9 Å². The number of esters is 1. The fraction of sp³-hybridized carbons (Fsp3) is 0.632. The average molecular weight is 290 g/mol. The second-order valence-electron chi connectivity index (χ2n) is 6.21. The summed E-state index contributed by atoms with van der Waals surface area (Å²) in [5, 5.41) is 0. The van der Waals surface area contributed by atoms with Crippen molar-refractivity contribution >= 4 is 5.97 Å². The van der Waals surface area contributed by atoms with E-state index in [9.17, 15) is 4.79 Å². The Morgan fingerprint density at radius 2 is 1.86 bits per heavy atom. The number of rotatable bonds is 9. The van der Waals surface area contributed by atoms with Crippen LogP contribution in [-0.4, -0.2) is 13.1 Å². The Morgan fingerprint density at radius 3 is 2.38 bits per heavy atom. The van der Waals surface area contributed by atoms with Gasteiger partial charge in [-0.05, 0) is 37.7 Å². The molecule has 1 aromatic carbocycles. The molecular weight excluding hydrogens is 260 g/mol. The van der Waals surface area contributed by atoms with Crippen LogP contribution in [0.15, 0.2) is 30.3 Å². The van der Waals surface area contributed by atoms with Crippen molar-refractivity contribution in [2.45, 2.75) is 65.2 Å². The average Bonchev–Trinajstić information content (AvgIpc) is 2.54. The lowest BCUT2D eigenvalue weighted by Gasteiger charge is -2.30. The van der Waals surface area contributed by atoms with E-state index in [1.165, 1.54) is 31.9 Å². The van der Waals surface area contributed by atoms with Gasteiger partial charge in [0.15, 0.2) is 0 Å². The van der Waals surface area contributed by atoms with Gasteiger partial charge in [-0.2, -0.15) is 0 Å². The highest BCUT2D eigenvalue weighted by atomic mass is 16.5. The normalized spacial score (nSPS) is 15.2. The van der Waals surface area contributed by atoms with Crippen molar-refractivity contribution in [1.29, 1.82) is 0 Å². The summed E-state index contributed by atoms with van der Waals surface area (Å²) in [4.78, 5) is 12.1. The molecule has 0 aliphatic heterocycles. The second kappa shape index (κ2) is 8.86. The van der Waals surface area contributed by atoms with Gasteiger partial charge in [0.2, 0.25) is 0 Å². The van der Waals surface area contributed by atoms with Crippen LogP contribution in [0.4, 0.5) is 0 Å². The zero-order valence-electron chi connectivity index (χ0n) is 14.0. The Hall–Kier alpha value is -1.31. The Morgan fingerprint density at radius 1 is 1.19 bits per heavy atom. The molecular formula is C19H30O2. The summed E-state index contributed by atoms with van der Waals surface area (Å²) in [6, 6.07) is 10.6. The van der Waals surface area contributed by atoms with Crippen molar-refractivity contribution < 1.29 is 9.53 Å². The molecule has 21 heavy (non-hydrogen) atoms. The summed E-state index contributed by atoms with van der Waals surface area (Å²) in [6.07, 6.45) is 6.52. The number of ether oxygens (including phenoxy) is 1. The van der Waals surface area contributed by atoms with Crippen LogP contribution in [0.1, 0.15) is 70.8 Å². The third kappa shape index (κ3) is 5.18. The Labute approximate surface area is 129 Å². The molecule has 0 aromatic heterocycles. The molecule has 0 amide bonds. The summed E-state index contributed by atoms with van der Waals surface area (Å²) in [6.45, 7) is 6.34. The molecule has 0 fully saturated rings. The lowest BCUT2D eigenvalue weighted by Crippen LogP contribution is -2.30. The number of unbranched alkanes of at least 4 members (excludes halogenated alkanes) is 2. The van der Waals surface area contributed by atoms with Gasteiger partial charge in [0, 0.05) is 0 Å². The minimum Gasteiger partial charge on any atom is -0.469 e. The third-order valence-corrected chi connectivity index (χ3v) is 4.58. The topological polar surface area (TPSA) is 26.3 Å². The molecule has 2 nitrogen and oxygen atoms in total. The van der Waals surface area contributed by atoms with Gasteiger partial charge in [0.05, 0.1) is 12.5 Å². The fourth-order valence-electron chi connectivity index (χ4n) is 2.91. The van der Waals surface area contributed by atoms with Gasteiger partial charge in [-0.25, -0.2) is 0 Å². The lowest BCUT2D eigenvalue weighted by molar-refractivity contribution is -0.152. The summed E-state index contributed by atoms with van der Waals surface area (Å²) in [5.74, 6) is 0.350. The van der Waals surface area contributed by atoms with E-state index >= 15 is 0 Å². The van der Waals surface area contributed by atoms with Gasteiger partial charge in [0.25, 0.3) is 0 Å². The number of carbonyl (C=O) groups is 1. The number of benzene rings is 1. The minimum absolute atomic E-state index is 0.0820. The molecule has 2 atom stereocenters. The Kier molecular flexibility index (Phi) is 7.49. The highest BCUT2D eigenvalue weighted by molar-refractivity contribution is 5.76. The molecule has 0 heterocycles. The van der Waals surface area contributed by atoms with Gasteiger partial charge in [-0.3, -0.25) is 4.79 Å². The first-order valence-electron chi connectivity index (χ1n) is 8.20. The van der Waals surface area contributed by atoms with Gasteiger partial charge >= 0.3 is 5.97 Å². The fourth-order valence-corrected chi connectivity index (χ4v) is 2.91. The van der Waals surface area contributed by atoms with Crippen LogP contribution < -0.4 is 0 Å². The second-order valence-corrected chi connectivity index (χ2v) is 6.21. The minimum atomic E-state index is -0.387. The smallest absolute Gasteiger partial charge is 0.311 e. The standard InChI is InChI=1S/C19H30O2/c1-5-7-9-14-17(16-12-10-8-11-13-16)15-19(3,6-2)18(20)21-4/h8,10-13,17H,5-7,9,14-15H2,1-4H3. The monoisotopic (exact) mass is 290 g/mol. The van der Waals surface area contributed by atoms with Crippen LogP contribution in [0.5, 0.6) is 0 Å². The molecule has 0 radical (unpaired) electrons. The molecule has 118 valence electrons. The highest BCUT2D eigenvalue weighted by Gasteiger charge is 2.35. The van der Waals surface area contributed by atoms with Crippen LogP contribution in [0, 0.1) is 5.41 Å². The number of hydrogen-bond acceptors (Lipinski definition) is 2. The summed E-state index contributed by atoms with van der Waals surface area (Å²) in [5.41, 5.74) is 0.957. The van der Waals surface area contributed by atoms with Gasteiger partial charge < -0.3 is 4.74 Å². The third-order valence-electron chi connectivity index (χ3n) is 4.58. The van der Waals surface area contributed by atoms with E-state index in [1.807, 2.05) is 13.0 Å². The molecule has 0 N–H and O–H groups in total. The van der Waals surface area contributed by atoms with E-state index in [4.69, 9.17) is 4.74 Å². The maximum absolute atomic E-state index is 12.1. The first kappa shape index (κ1) is 17.7. The number of methoxy groups -OCH3 is 1. The van der Waals surface area contributed by atoms with Crippen LogP contribution >= 0.6 is 0 Å². The number of carbonyl (C=O) groups excluding carboxylic acids is 1. The summed E-state index contributed by atoms with van der Waals surface area (Å²) < 4.78 is 5.03. The number of hydrogen-bond donors (Lipinski definition) is 0. The Bertz CT molecular complexity index is 413. The Balaban J connectivity index is 2.88. The van der Waals surface area contributed by atoms with E-state index in [0.717, 1.165) is 19.3 Å². The van der Waals surface area contributed by atoms with Crippen LogP contribution in [-0.2, 0) is 9.53 Å². The molecule has 0 aliphatic rings. The van der Waals surface area contributed by atoms with E-state index < -0.39 is 0 Å². The predicted octanol–water partition coefficient (Wildman–Crippen LogP) is 5.33. The van der Waals surface area contributed by atoms with Crippen LogP contribution in [0.3, 0.4) is 0 Å². The molecule has 0 saturated carbocycles. The highest BCUT2D eigenvalue weighted by Crippen LogP contribution is 2.38. The van der Waals surface area contributed by atoms with Crippen LogP contribution in [0.25, 0.3) is 0 Å². The molecule has 2 heteroatoms. The maximum atomic E-state index is 12.1. The van der Waals surface area contributed by atoms with Crippen LogP contribution in [0.2, 0.25) is 0 Å². The quantitative estimate of drug-likeness (QED) is 0.454. The van der Waals surface area contributed by atoms with Crippen molar-refractivity contribution in [2.24, 2.45) is 5.41 Å². The predicted molar refractivity (Wildman–Crippen MR) is 88.4 cm³/mol. The molecule has 0 spiro atoms. The molecule has 0 bridgehead atoms. The van der Waals surface area contributed by atoms with E-state index in [0.29, 0.717) is 5.92 Å². The first-order chi connectivity index (χ1) is 10.1. The van der Waals surface area contributed by atoms with Gasteiger partial charge in [-0.15, -0.1) is 0 Å².